The highest BCUT2D eigenvalue weighted by Crippen LogP contribution is 2.25. The highest BCUT2D eigenvalue weighted by Gasteiger charge is 2.17. The molecule has 0 spiro atoms. The molecule has 0 aliphatic rings. The van der Waals surface area contributed by atoms with Gasteiger partial charge in [-0.15, -0.1) is 0 Å². The molecule has 0 saturated carbocycles. The Labute approximate surface area is 132 Å². The Hall–Kier alpha value is -2.12. The molecule has 5 nitrogen and oxygen atoms in total. The van der Waals surface area contributed by atoms with Gasteiger partial charge in [-0.2, -0.15) is 0 Å². The Morgan fingerprint density at radius 2 is 1.73 bits per heavy atom. The molecule has 0 aliphatic carbocycles. The molecule has 116 valence electrons. The molecule has 0 atom stereocenters. The molecule has 2 rings (SSSR count). The first-order chi connectivity index (χ1) is 10.3. The summed E-state index contributed by atoms with van der Waals surface area (Å²) in [5.41, 5.74) is 0.0568. The molecule has 8 heteroatoms. The maximum Gasteiger partial charge on any atom is 0.260 e. The fourth-order valence-corrected chi connectivity index (χ4v) is 2.61. The lowest BCUT2D eigenvalue weighted by atomic mass is 10.2. The first kappa shape index (κ1) is 16.3. The molecule has 0 heterocycles. The number of halogens is 2. The fourth-order valence-electron chi connectivity index (χ4n) is 1.78. The number of hydrogen-bond acceptors (Lipinski definition) is 3. The number of carbonyl (C=O) groups is 1. The lowest BCUT2D eigenvalue weighted by molar-refractivity contribution is 0.102. The molecule has 0 bridgehead atoms. The van der Waals surface area contributed by atoms with Gasteiger partial charge < -0.3 is 5.32 Å². The second kappa shape index (κ2) is 6.33. The van der Waals surface area contributed by atoms with Crippen LogP contribution >= 0.6 is 11.6 Å². The summed E-state index contributed by atoms with van der Waals surface area (Å²) in [6, 6.07) is 10.0. The Bertz CT molecular complexity index is 804. The van der Waals surface area contributed by atoms with Crippen molar-refractivity contribution in [3.05, 3.63) is 58.9 Å². The molecular weight excluding hydrogens is 331 g/mol. The third-order valence-corrected chi connectivity index (χ3v) is 3.57. The van der Waals surface area contributed by atoms with Gasteiger partial charge in [0.15, 0.2) is 0 Å². The number of sulfonamides is 1. The van der Waals surface area contributed by atoms with Crippen LogP contribution in [0.2, 0.25) is 5.02 Å². The van der Waals surface area contributed by atoms with Crippen molar-refractivity contribution < 1.29 is 17.6 Å². The maximum absolute atomic E-state index is 13.7. The summed E-state index contributed by atoms with van der Waals surface area (Å²) in [7, 11) is -3.52. The molecule has 22 heavy (non-hydrogen) atoms. The van der Waals surface area contributed by atoms with Crippen LogP contribution in [0.5, 0.6) is 0 Å². The highest BCUT2D eigenvalue weighted by atomic mass is 35.5. The zero-order chi connectivity index (χ0) is 16.3. The lowest BCUT2D eigenvalue weighted by Gasteiger charge is -2.12. The quantitative estimate of drug-likeness (QED) is 0.896. The van der Waals surface area contributed by atoms with Crippen molar-refractivity contribution in [1.29, 1.82) is 0 Å². The van der Waals surface area contributed by atoms with E-state index in [4.69, 9.17) is 11.6 Å². The van der Waals surface area contributed by atoms with E-state index in [1.807, 2.05) is 0 Å². The van der Waals surface area contributed by atoms with Crippen LogP contribution in [0.15, 0.2) is 42.5 Å². The van der Waals surface area contributed by atoms with E-state index in [0.717, 1.165) is 12.3 Å². The van der Waals surface area contributed by atoms with E-state index in [1.54, 1.807) is 12.1 Å². The Kier molecular flexibility index (Phi) is 4.68. The molecule has 0 fully saturated rings. The van der Waals surface area contributed by atoms with Crippen LogP contribution in [-0.4, -0.2) is 20.6 Å². The number of para-hydroxylation sites is 2. The zero-order valence-electron chi connectivity index (χ0n) is 11.4. The van der Waals surface area contributed by atoms with E-state index >= 15 is 0 Å². The summed E-state index contributed by atoms with van der Waals surface area (Å²) < 4.78 is 38.6. The number of carbonyl (C=O) groups excluding carboxylic acids is 1. The van der Waals surface area contributed by atoms with E-state index in [1.165, 1.54) is 24.3 Å². The summed E-state index contributed by atoms with van der Waals surface area (Å²) in [5.74, 6) is -1.54. The van der Waals surface area contributed by atoms with Crippen molar-refractivity contribution in [2.24, 2.45) is 0 Å². The van der Waals surface area contributed by atoms with E-state index in [0.29, 0.717) is 0 Å². The smallest absolute Gasteiger partial charge is 0.260 e. The number of nitrogens with one attached hydrogen (secondary N) is 2. The van der Waals surface area contributed by atoms with Crippen LogP contribution in [0.1, 0.15) is 10.4 Å². The number of benzene rings is 2. The van der Waals surface area contributed by atoms with Gasteiger partial charge >= 0.3 is 0 Å². The Balaban J connectivity index is 2.34. The van der Waals surface area contributed by atoms with E-state index < -0.39 is 21.7 Å². The summed E-state index contributed by atoms with van der Waals surface area (Å²) >= 11 is 5.82. The first-order valence-electron chi connectivity index (χ1n) is 6.10. The van der Waals surface area contributed by atoms with Gasteiger partial charge in [-0.25, -0.2) is 12.8 Å². The number of rotatable bonds is 4. The van der Waals surface area contributed by atoms with Crippen LogP contribution in [-0.2, 0) is 10.0 Å². The second-order valence-electron chi connectivity index (χ2n) is 4.47. The zero-order valence-corrected chi connectivity index (χ0v) is 13.0. The molecule has 0 radical (unpaired) electrons. The molecule has 2 aromatic carbocycles. The summed E-state index contributed by atoms with van der Waals surface area (Å²) in [5, 5.41) is 2.40. The average Bonchev–Trinajstić information content (AvgIpc) is 2.39. The van der Waals surface area contributed by atoms with Crippen molar-refractivity contribution in [1.82, 2.24) is 0 Å². The molecule has 0 saturated heterocycles. The van der Waals surface area contributed by atoms with E-state index in [-0.39, 0.29) is 22.0 Å². The molecule has 1 amide bonds. The summed E-state index contributed by atoms with van der Waals surface area (Å²) in [6.07, 6.45) is 0.985. The SMILES string of the molecule is CS(=O)(=O)Nc1ccccc1NC(=O)c1c(F)cccc1Cl. The van der Waals surface area contributed by atoms with E-state index in [9.17, 15) is 17.6 Å². The van der Waals surface area contributed by atoms with Gasteiger partial charge in [0.1, 0.15) is 5.82 Å². The predicted octanol–water partition coefficient (Wildman–Crippen LogP) is 3.10. The normalized spacial score (nSPS) is 11.0. The van der Waals surface area contributed by atoms with Gasteiger partial charge in [0, 0.05) is 0 Å². The standard InChI is InChI=1S/C14H12ClFN2O3S/c1-22(20,21)18-12-8-3-2-7-11(12)17-14(19)13-9(15)5-4-6-10(13)16/h2-8,18H,1H3,(H,17,19). The molecule has 0 unspecified atom stereocenters. The molecular formula is C14H12ClFN2O3S. The molecule has 0 aromatic heterocycles. The van der Waals surface area contributed by atoms with Crippen LogP contribution < -0.4 is 10.0 Å². The fraction of sp³-hybridized carbons (Fsp3) is 0.0714. The van der Waals surface area contributed by atoms with Crippen molar-refractivity contribution in [2.45, 2.75) is 0 Å². The molecule has 2 aromatic rings. The Morgan fingerprint density at radius 1 is 1.09 bits per heavy atom. The number of amides is 1. The summed E-state index contributed by atoms with van der Waals surface area (Å²) in [4.78, 5) is 12.2. The second-order valence-corrected chi connectivity index (χ2v) is 6.63. The lowest BCUT2D eigenvalue weighted by Crippen LogP contribution is -2.17. The maximum atomic E-state index is 13.7. The van der Waals surface area contributed by atoms with Crippen LogP contribution in [0.4, 0.5) is 15.8 Å². The van der Waals surface area contributed by atoms with Gasteiger partial charge in [-0.3, -0.25) is 9.52 Å². The van der Waals surface area contributed by atoms with Crippen molar-refractivity contribution in [3.63, 3.8) is 0 Å². The van der Waals surface area contributed by atoms with Crippen LogP contribution in [0.3, 0.4) is 0 Å². The van der Waals surface area contributed by atoms with Crippen LogP contribution in [0, 0.1) is 5.82 Å². The third-order valence-electron chi connectivity index (χ3n) is 2.66. The first-order valence-corrected chi connectivity index (χ1v) is 8.37. The van der Waals surface area contributed by atoms with Crippen molar-refractivity contribution >= 4 is 38.9 Å². The minimum Gasteiger partial charge on any atom is -0.320 e. The minimum absolute atomic E-state index is 0.0361. The van der Waals surface area contributed by atoms with E-state index in [2.05, 4.69) is 10.0 Å². The van der Waals surface area contributed by atoms with Gasteiger partial charge in [0.25, 0.3) is 5.91 Å². The number of hydrogen-bond donors (Lipinski definition) is 2. The van der Waals surface area contributed by atoms with Gasteiger partial charge in [-0.1, -0.05) is 29.8 Å². The van der Waals surface area contributed by atoms with Crippen molar-refractivity contribution in [3.8, 4) is 0 Å². The average molecular weight is 343 g/mol. The van der Waals surface area contributed by atoms with Gasteiger partial charge in [0.05, 0.1) is 28.2 Å². The number of anilines is 2. The van der Waals surface area contributed by atoms with Crippen LogP contribution in [0.25, 0.3) is 0 Å². The highest BCUT2D eigenvalue weighted by molar-refractivity contribution is 7.92. The minimum atomic E-state index is -3.52. The Morgan fingerprint density at radius 3 is 2.32 bits per heavy atom. The van der Waals surface area contributed by atoms with Gasteiger partial charge in [0.2, 0.25) is 10.0 Å². The van der Waals surface area contributed by atoms with Gasteiger partial charge in [-0.05, 0) is 24.3 Å². The molecule has 2 N–H and O–H groups in total. The summed E-state index contributed by atoms with van der Waals surface area (Å²) in [6.45, 7) is 0. The third kappa shape index (κ3) is 3.96. The largest absolute Gasteiger partial charge is 0.320 e. The monoisotopic (exact) mass is 342 g/mol. The van der Waals surface area contributed by atoms with Crippen molar-refractivity contribution in [2.75, 3.05) is 16.3 Å². The topological polar surface area (TPSA) is 75.3 Å². The predicted molar refractivity (Wildman–Crippen MR) is 84.3 cm³/mol. The molecule has 0 aliphatic heterocycles.